The number of hydrogen-bond acceptors (Lipinski definition) is 2. The normalized spacial score (nSPS) is 16.6. The van der Waals surface area contributed by atoms with Crippen LogP contribution in [-0.2, 0) is 5.33 Å². The number of halogens is 1. The fourth-order valence-electron chi connectivity index (χ4n) is 2.48. The smallest absolute Gasteiger partial charge is 0.161 e. The summed E-state index contributed by atoms with van der Waals surface area (Å²) in [6.45, 7) is 0.823. The Hall–Kier alpha value is -0.700. The Morgan fingerprint density at radius 2 is 1.94 bits per heavy atom. The molecular weight excluding hydrogens is 292 g/mol. The van der Waals surface area contributed by atoms with Gasteiger partial charge in [0.05, 0.1) is 13.7 Å². The van der Waals surface area contributed by atoms with Crippen LogP contribution in [0.2, 0.25) is 0 Å². The van der Waals surface area contributed by atoms with E-state index in [2.05, 4.69) is 22.0 Å². The number of benzene rings is 1. The summed E-state index contributed by atoms with van der Waals surface area (Å²) in [5.41, 5.74) is 1.21. The van der Waals surface area contributed by atoms with Gasteiger partial charge in [-0.05, 0) is 36.5 Å². The van der Waals surface area contributed by atoms with Crippen LogP contribution in [0.15, 0.2) is 18.2 Å². The van der Waals surface area contributed by atoms with E-state index in [1.54, 1.807) is 7.11 Å². The second kappa shape index (κ2) is 7.03. The third-order valence-electron chi connectivity index (χ3n) is 3.58. The van der Waals surface area contributed by atoms with Gasteiger partial charge in [-0.25, -0.2) is 0 Å². The lowest BCUT2D eigenvalue weighted by Crippen LogP contribution is -2.15. The summed E-state index contributed by atoms with van der Waals surface area (Å²) in [6.07, 6.45) is 6.71. The van der Waals surface area contributed by atoms with E-state index in [9.17, 15) is 0 Å². The van der Waals surface area contributed by atoms with E-state index in [1.165, 1.54) is 37.7 Å². The van der Waals surface area contributed by atoms with Crippen LogP contribution in [0.5, 0.6) is 11.5 Å². The highest BCUT2D eigenvalue weighted by Crippen LogP contribution is 2.31. The van der Waals surface area contributed by atoms with Gasteiger partial charge in [0.25, 0.3) is 0 Å². The lowest BCUT2D eigenvalue weighted by Gasteiger charge is -2.22. The highest BCUT2D eigenvalue weighted by molar-refractivity contribution is 9.08. The van der Waals surface area contributed by atoms with Crippen LogP contribution in [0.4, 0.5) is 0 Å². The van der Waals surface area contributed by atoms with Crippen LogP contribution >= 0.6 is 15.9 Å². The summed E-state index contributed by atoms with van der Waals surface area (Å²) in [5.74, 6) is 2.43. The van der Waals surface area contributed by atoms with E-state index in [-0.39, 0.29) is 0 Å². The quantitative estimate of drug-likeness (QED) is 0.743. The maximum atomic E-state index is 5.93. The van der Waals surface area contributed by atoms with Gasteiger partial charge in [0.15, 0.2) is 11.5 Å². The number of alkyl halides is 1. The van der Waals surface area contributed by atoms with E-state index < -0.39 is 0 Å². The monoisotopic (exact) mass is 312 g/mol. The Morgan fingerprint density at radius 3 is 2.61 bits per heavy atom. The molecule has 3 heteroatoms. The zero-order valence-electron chi connectivity index (χ0n) is 11.0. The highest BCUT2D eigenvalue weighted by atomic mass is 79.9. The minimum absolute atomic E-state index is 0.722. The van der Waals surface area contributed by atoms with Crippen LogP contribution in [0.3, 0.4) is 0 Å². The van der Waals surface area contributed by atoms with Gasteiger partial charge in [-0.2, -0.15) is 0 Å². The molecule has 0 radical (unpaired) electrons. The van der Waals surface area contributed by atoms with Crippen molar-refractivity contribution in [2.24, 2.45) is 5.92 Å². The van der Waals surface area contributed by atoms with Crippen molar-refractivity contribution >= 4 is 15.9 Å². The van der Waals surface area contributed by atoms with Gasteiger partial charge < -0.3 is 9.47 Å². The van der Waals surface area contributed by atoms with Gasteiger partial charge >= 0.3 is 0 Å². The van der Waals surface area contributed by atoms with Crippen molar-refractivity contribution in [3.8, 4) is 11.5 Å². The molecule has 0 atom stereocenters. The molecule has 0 bridgehead atoms. The molecule has 1 aromatic rings. The molecule has 18 heavy (non-hydrogen) atoms. The molecule has 0 spiro atoms. The van der Waals surface area contributed by atoms with E-state index in [0.29, 0.717) is 0 Å². The molecule has 0 unspecified atom stereocenters. The molecule has 0 N–H and O–H groups in total. The summed E-state index contributed by atoms with van der Waals surface area (Å²) in [5, 5.41) is 0.840. The van der Waals surface area contributed by atoms with Gasteiger partial charge in [-0.15, -0.1) is 0 Å². The van der Waals surface area contributed by atoms with Crippen LogP contribution < -0.4 is 9.47 Å². The molecule has 100 valence electrons. The Balaban J connectivity index is 1.95. The standard InChI is InChI=1S/C15H21BrO2/c1-17-15-9-13(10-16)7-8-14(15)18-11-12-5-3-2-4-6-12/h7-9,12H,2-6,10-11H2,1H3. The lowest BCUT2D eigenvalue weighted by molar-refractivity contribution is 0.202. The predicted molar refractivity (Wildman–Crippen MR) is 77.7 cm³/mol. The van der Waals surface area contributed by atoms with E-state index >= 15 is 0 Å². The molecule has 2 rings (SSSR count). The summed E-state index contributed by atoms with van der Waals surface area (Å²) >= 11 is 3.45. The van der Waals surface area contributed by atoms with Gasteiger partial charge in [0.1, 0.15) is 0 Å². The first-order valence-corrected chi connectivity index (χ1v) is 7.81. The highest BCUT2D eigenvalue weighted by Gasteiger charge is 2.15. The second-order valence-corrected chi connectivity index (χ2v) is 5.49. The molecule has 1 aromatic carbocycles. The second-order valence-electron chi connectivity index (χ2n) is 4.93. The molecule has 0 amide bonds. The van der Waals surface area contributed by atoms with E-state index in [4.69, 9.17) is 9.47 Å². The van der Waals surface area contributed by atoms with Crippen molar-refractivity contribution in [1.29, 1.82) is 0 Å². The third-order valence-corrected chi connectivity index (χ3v) is 4.23. The van der Waals surface area contributed by atoms with Crippen molar-refractivity contribution < 1.29 is 9.47 Å². The molecule has 1 aliphatic rings. The third kappa shape index (κ3) is 3.64. The van der Waals surface area contributed by atoms with Crippen molar-refractivity contribution in [2.45, 2.75) is 37.4 Å². The fourth-order valence-corrected chi connectivity index (χ4v) is 2.82. The first-order chi connectivity index (χ1) is 8.83. The fraction of sp³-hybridized carbons (Fsp3) is 0.600. The minimum Gasteiger partial charge on any atom is -0.493 e. The van der Waals surface area contributed by atoms with Crippen molar-refractivity contribution in [2.75, 3.05) is 13.7 Å². The first-order valence-electron chi connectivity index (χ1n) is 6.69. The van der Waals surface area contributed by atoms with Crippen LogP contribution in [0, 0.1) is 5.92 Å². The maximum absolute atomic E-state index is 5.93. The molecule has 0 aliphatic heterocycles. The summed E-state index contributed by atoms with van der Waals surface area (Å²) in [4.78, 5) is 0. The largest absolute Gasteiger partial charge is 0.493 e. The number of ether oxygens (including phenoxy) is 2. The molecule has 0 aromatic heterocycles. The van der Waals surface area contributed by atoms with Crippen molar-refractivity contribution in [3.05, 3.63) is 23.8 Å². The molecule has 0 heterocycles. The Labute approximate surface area is 118 Å². The van der Waals surface area contributed by atoms with Gasteiger partial charge in [0.2, 0.25) is 0 Å². The van der Waals surface area contributed by atoms with Crippen LogP contribution in [0.1, 0.15) is 37.7 Å². The summed E-state index contributed by atoms with van der Waals surface area (Å²) < 4.78 is 11.3. The van der Waals surface area contributed by atoms with Crippen molar-refractivity contribution in [1.82, 2.24) is 0 Å². The van der Waals surface area contributed by atoms with Gasteiger partial charge in [-0.3, -0.25) is 0 Å². The molecular formula is C15H21BrO2. The summed E-state index contributed by atoms with van der Waals surface area (Å²) in [6, 6.07) is 6.12. The zero-order valence-corrected chi connectivity index (χ0v) is 12.5. The number of methoxy groups -OCH3 is 1. The average molecular weight is 313 g/mol. The minimum atomic E-state index is 0.722. The zero-order chi connectivity index (χ0) is 12.8. The van der Waals surface area contributed by atoms with Gasteiger partial charge in [-0.1, -0.05) is 41.3 Å². The molecule has 1 saturated carbocycles. The number of hydrogen-bond donors (Lipinski definition) is 0. The predicted octanol–water partition coefficient (Wildman–Crippen LogP) is 4.55. The van der Waals surface area contributed by atoms with E-state index in [0.717, 1.165) is 29.4 Å². The molecule has 0 saturated heterocycles. The van der Waals surface area contributed by atoms with E-state index in [1.807, 2.05) is 12.1 Å². The lowest BCUT2D eigenvalue weighted by atomic mass is 9.90. The molecule has 2 nitrogen and oxygen atoms in total. The molecule has 1 aliphatic carbocycles. The Morgan fingerprint density at radius 1 is 1.17 bits per heavy atom. The topological polar surface area (TPSA) is 18.5 Å². The van der Waals surface area contributed by atoms with Crippen molar-refractivity contribution in [3.63, 3.8) is 0 Å². The summed E-state index contributed by atoms with van der Waals surface area (Å²) in [7, 11) is 1.70. The molecule has 1 fully saturated rings. The first kappa shape index (κ1) is 13.7. The van der Waals surface area contributed by atoms with Crippen LogP contribution in [-0.4, -0.2) is 13.7 Å². The number of rotatable bonds is 5. The maximum Gasteiger partial charge on any atom is 0.161 e. The van der Waals surface area contributed by atoms with Crippen LogP contribution in [0.25, 0.3) is 0 Å². The SMILES string of the molecule is COc1cc(CBr)ccc1OCC1CCCCC1. The van der Waals surface area contributed by atoms with Gasteiger partial charge in [0, 0.05) is 5.33 Å². The Bertz CT molecular complexity index is 373. The average Bonchev–Trinajstić information content (AvgIpc) is 2.46. The Kier molecular flexibility index (Phi) is 5.36.